The van der Waals surface area contributed by atoms with E-state index in [1.165, 1.54) is 12.0 Å². The van der Waals surface area contributed by atoms with Gasteiger partial charge in [-0.1, -0.05) is 26.0 Å². The van der Waals surface area contributed by atoms with E-state index in [4.69, 9.17) is 9.47 Å². The fraction of sp³-hybridized carbons (Fsp3) is 0.429. The standard InChI is InChI=1S/C21H24O3/c1-21(2)11-10-16-19(21)17-12-14(22)6-9-18(17)24-20(16)13-4-7-15(23-3)8-5-13/h4-9,12,16,19-20,22H,10-11H2,1-3H3/t16-,19+,20-/m1/s1. The molecule has 1 aliphatic carbocycles. The zero-order valence-electron chi connectivity index (χ0n) is 14.5. The Morgan fingerprint density at radius 1 is 1.12 bits per heavy atom. The third-order valence-electron chi connectivity index (χ3n) is 5.81. The van der Waals surface area contributed by atoms with Crippen molar-refractivity contribution in [1.29, 1.82) is 0 Å². The second-order valence-electron chi connectivity index (χ2n) is 7.70. The van der Waals surface area contributed by atoms with E-state index in [1.54, 1.807) is 13.2 Å². The Hall–Kier alpha value is -2.16. The van der Waals surface area contributed by atoms with Crippen LogP contribution in [0.15, 0.2) is 42.5 Å². The lowest BCUT2D eigenvalue weighted by atomic mass is 9.70. The third-order valence-corrected chi connectivity index (χ3v) is 5.81. The van der Waals surface area contributed by atoms with E-state index >= 15 is 0 Å². The fourth-order valence-corrected chi connectivity index (χ4v) is 4.64. The Morgan fingerprint density at radius 2 is 1.88 bits per heavy atom. The monoisotopic (exact) mass is 324 g/mol. The number of phenolic OH excluding ortho intramolecular Hbond substituents is 1. The molecule has 2 aromatic rings. The number of benzene rings is 2. The Bertz CT molecular complexity index is 748. The Labute approximate surface area is 143 Å². The zero-order valence-corrected chi connectivity index (χ0v) is 14.5. The van der Waals surface area contributed by atoms with E-state index in [-0.39, 0.29) is 11.5 Å². The first-order valence-corrected chi connectivity index (χ1v) is 8.63. The molecule has 1 heterocycles. The molecule has 0 saturated heterocycles. The number of rotatable bonds is 2. The Balaban J connectivity index is 1.79. The summed E-state index contributed by atoms with van der Waals surface area (Å²) in [6, 6.07) is 13.7. The van der Waals surface area contributed by atoms with Crippen LogP contribution in [-0.4, -0.2) is 12.2 Å². The van der Waals surface area contributed by atoms with Gasteiger partial charge in [0.15, 0.2) is 0 Å². The average molecular weight is 324 g/mol. The summed E-state index contributed by atoms with van der Waals surface area (Å²) in [5.41, 5.74) is 2.57. The molecule has 126 valence electrons. The molecule has 0 bridgehead atoms. The van der Waals surface area contributed by atoms with E-state index in [2.05, 4.69) is 26.0 Å². The maximum atomic E-state index is 9.95. The molecular formula is C21H24O3. The molecule has 2 aromatic carbocycles. The second-order valence-corrected chi connectivity index (χ2v) is 7.70. The molecule has 1 aliphatic heterocycles. The molecule has 0 radical (unpaired) electrons. The topological polar surface area (TPSA) is 38.7 Å². The minimum atomic E-state index is 0.0553. The number of aromatic hydroxyl groups is 1. The van der Waals surface area contributed by atoms with Gasteiger partial charge in [0.1, 0.15) is 23.4 Å². The summed E-state index contributed by atoms with van der Waals surface area (Å²) in [5, 5.41) is 9.95. The predicted molar refractivity (Wildman–Crippen MR) is 93.7 cm³/mol. The smallest absolute Gasteiger partial charge is 0.127 e. The van der Waals surface area contributed by atoms with Gasteiger partial charge in [-0.3, -0.25) is 0 Å². The van der Waals surface area contributed by atoms with Crippen molar-refractivity contribution >= 4 is 0 Å². The molecule has 3 nitrogen and oxygen atoms in total. The number of hydrogen-bond acceptors (Lipinski definition) is 3. The minimum absolute atomic E-state index is 0.0553. The summed E-state index contributed by atoms with van der Waals surface area (Å²) in [7, 11) is 1.68. The SMILES string of the molecule is COc1ccc([C@H]2Oc3ccc(O)cc3[C@@H]3[C@H]2CCC3(C)C)cc1. The Kier molecular flexibility index (Phi) is 3.48. The van der Waals surface area contributed by atoms with Crippen LogP contribution in [-0.2, 0) is 0 Å². The molecule has 2 aliphatic rings. The normalized spacial score (nSPS) is 27.0. The molecule has 0 aromatic heterocycles. The van der Waals surface area contributed by atoms with Gasteiger partial charge in [-0.25, -0.2) is 0 Å². The van der Waals surface area contributed by atoms with E-state index in [0.717, 1.165) is 23.5 Å². The molecule has 3 heteroatoms. The lowest BCUT2D eigenvalue weighted by Gasteiger charge is -2.41. The van der Waals surface area contributed by atoms with Crippen LogP contribution in [0.2, 0.25) is 0 Å². The number of hydrogen-bond donors (Lipinski definition) is 1. The van der Waals surface area contributed by atoms with Crippen molar-refractivity contribution in [2.45, 2.75) is 38.7 Å². The number of methoxy groups -OCH3 is 1. The van der Waals surface area contributed by atoms with Gasteiger partial charge in [-0.15, -0.1) is 0 Å². The highest BCUT2D eigenvalue weighted by Gasteiger charge is 2.50. The molecule has 1 N–H and O–H groups in total. The van der Waals surface area contributed by atoms with Crippen molar-refractivity contribution < 1.29 is 14.6 Å². The predicted octanol–water partition coefficient (Wildman–Crippen LogP) is 5.05. The summed E-state index contributed by atoms with van der Waals surface area (Å²) >= 11 is 0. The molecule has 0 spiro atoms. The van der Waals surface area contributed by atoms with Gasteiger partial charge in [0.05, 0.1) is 7.11 Å². The third kappa shape index (κ3) is 2.34. The highest BCUT2D eigenvalue weighted by Crippen LogP contribution is 2.61. The minimum Gasteiger partial charge on any atom is -0.508 e. The van der Waals surface area contributed by atoms with Gasteiger partial charge < -0.3 is 14.6 Å². The van der Waals surface area contributed by atoms with Gasteiger partial charge in [0, 0.05) is 11.5 Å². The number of phenols is 1. The maximum absolute atomic E-state index is 9.95. The molecule has 1 fully saturated rings. The summed E-state index contributed by atoms with van der Waals surface area (Å²) in [6.07, 6.45) is 2.37. The largest absolute Gasteiger partial charge is 0.508 e. The number of fused-ring (bicyclic) bond motifs is 3. The van der Waals surface area contributed by atoms with Crippen molar-refractivity contribution in [2.24, 2.45) is 11.3 Å². The molecule has 3 atom stereocenters. The van der Waals surface area contributed by atoms with Crippen molar-refractivity contribution in [1.82, 2.24) is 0 Å². The second kappa shape index (κ2) is 5.44. The van der Waals surface area contributed by atoms with E-state index < -0.39 is 0 Å². The fourth-order valence-electron chi connectivity index (χ4n) is 4.64. The maximum Gasteiger partial charge on any atom is 0.127 e. The first-order chi connectivity index (χ1) is 11.5. The van der Waals surface area contributed by atoms with Crippen LogP contribution in [0.3, 0.4) is 0 Å². The molecule has 4 rings (SSSR count). The number of ether oxygens (including phenoxy) is 2. The van der Waals surface area contributed by atoms with Gasteiger partial charge >= 0.3 is 0 Å². The molecular weight excluding hydrogens is 300 g/mol. The van der Waals surface area contributed by atoms with Crippen LogP contribution in [0.25, 0.3) is 0 Å². The van der Waals surface area contributed by atoms with Crippen molar-refractivity contribution in [3.05, 3.63) is 53.6 Å². The zero-order chi connectivity index (χ0) is 16.9. The van der Waals surface area contributed by atoms with Crippen LogP contribution in [0.1, 0.15) is 49.8 Å². The van der Waals surface area contributed by atoms with Crippen LogP contribution in [0.4, 0.5) is 0 Å². The molecule has 24 heavy (non-hydrogen) atoms. The van der Waals surface area contributed by atoms with Crippen LogP contribution >= 0.6 is 0 Å². The quantitative estimate of drug-likeness (QED) is 0.839. The first-order valence-electron chi connectivity index (χ1n) is 8.63. The summed E-state index contributed by atoms with van der Waals surface area (Å²) < 4.78 is 11.7. The molecule has 0 amide bonds. The van der Waals surface area contributed by atoms with Crippen molar-refractivity contribution in [3.8, 4) is 17.2 Å². The van der Waals surface area contributed by atoms with Crippen molar-refractivity contribution in [2.75, 3.05) is 7.11 Å². The summed E-state index contributed by atoms with van der Waals surface area (Å²) in [5.74, 6) is 2.93. The molecule has 1 saturated carbocycles. The van der Waals surface area contributed by atoms with Gasteiger partial charge in [0.25, 0.3) is 0 Å². The van der Waals surface area contributed by atoms with Crippen LogP contribution in [0, 0.1) is 11.3 Å². The highest BCUT2D eigenvalue weighted by molar-refractivity contribution is 5.47. The lowest BCUT2D eigenvalue weighted by molar-refractivity contribution is 0.0869. The van der Waals surface area contributed by atoms with E-state index in [9.17, 15) is 5.11 Å². The van der Waals surface area contributed by atoms with Crippen molar-refractivity contribution in [3.63, 3.8) is 0 Å². The Morgan fingerprint density at radius 3 is 2.58 bits per heavy atom. The lowest BCUT2D eigenvalue weighted by Crippen LogP contribution is -2.31. The van der Waals surface area contributed by atoms with Crippen LogP contribution in [0.5, 0.6) is 17.2 Å². The molecule has 0 unspecified atom stereocenters. The van der Waals surface area contributed by atoms with Gasteiger partial charge in [-0.2, -0.15) is 0 Å². The highest BCUT2D eigenvalue weighted by atomic mass is 16.5. The summed E-state index contributed by atoms with van der Waals surface area (Å²) in [6.45, 7) is 4.67. The van der Waals surface area contributed by atoms with Crippen LogP contribution < -0.4 is 9.47 Å². The van der Waals surface area contributed by atoms with Gasteiger partial charge in [-0.05, 0) is 60.1 Å². The van der Waals surface area contributed by atoms with E-state index in [0.29, 0.717) is 17.6 Å². The summed E-state index contributed by atoms with van der Waals surface area (Å²) in [4.78, 5) is 0. The van der Waals surface area contributed by atoms with Gasteiger partial charge in [0.2, 0.25) is 0 Å². The van der Waals surface area contributed by atoms with E-state index in [1.807, 2.05) is 24.3 Å². The average Bonchev–Trinajstić information content (AvgIpc) is 2.90. The first kappa shape index (κ1) is 15.4.